The van der Waals surface area contributed by atoms with Gasteiger partial charge in [0.2, 0.25) is 0 Å². The molecule has 0 aromatic rings. The second-order valence-electron chi connectivity index (χ2n) is 8.42. The van der Waals surface area contributed by atoms with Crippen LogP contribution in [0.4, 0.5) is 0 Å². The molecule has 4 heteroatoms. The van der Waals surface area contributed by atoms with Crippen molar-refractivity contribution in [2.45, 2.75) is 61.8 Å². The molecule has 0 aromatic carbocycles. The summed E-state index contributed by atoms with van der Waals surface area (Å²) in [4.78, 5) is 23.8. The fourth-order valence-electron chi connectivity index (χ4n) is 1.26. The molecule has 0 aliphatic carbocycles. The summed E-state index contributed by atoms with van der Waals surface area (Å²) in [7, 11) is 0. The van der Waals surface area contributed by atoms with Gasteiger partial charge in [0.1, 0.15) is 0 Å². The van der Waals surface area contributed by atoms with Gasteiger partial charge in [0.05, 0.1) is 25.0 Å². The van der Waals surface area contributed by atoms with Gasteiger partial charge in [0, 0.05) is 0 Å². The topological polar surface area (TPSA) is 52.6 Å². The van der Waals surface area contributed by atoms with Crippen molar-refractivity contribution in [2.75, 3.05) is 13.2 Å². The van der Waals surface area contributed by atoms with E-state index >= 15 is 0 Å². The van der Waals surface area contributed by atoms with Crippen molar-refractivity contribution in [3.8, 4) is 0 Å². The first-order valence-electron chi connectivity index (χ1n) is 7.06. The number of carbonyl (C=O) groups is 2. The van der Waals surface area contributed by atoms with E-state index in [1.165, 1.54) is 0 Å². The number of esters is 2. The molecule has 20 heavy (non-hydrogen) atoms. The predicted molar refractivity (Wildman–Crippen MR) is 79.2 cm³/mol. The first kappa shape index (κ1) is 18.9. The van der Waals surface area contributed by atoms with E-state index in [4.69, 9.17) is 9.47 Å². The van der Waals surface area contributed by atoms with Crippen LogP contribution in [0.15, 0.2) is 0 Å². The summed E-state index contributed by atoms with van der Waals surface area (Å²) in [6.07, 6.45) is 0.0338. The highest BCUT2D eigenvalue weighted by Gasteiger charge is 2.34. The Kier molecular flexibility index (Phi) is 6.25. The average molecular weight is 286 g/mol. The smallest absolute Gasteiger partial charge is 0.312 e. The molecule has 0 bridgehead atoms. The number of hydrogen-bond donors (Lipinski definition) is 0. The lowest BCUT2D eigenvalue weighted by atomic mass is 9.89. The molecule has 0 saturated heterocycles. The Morgan fingerprint density at radius 1 is 0.750 bits per heavy atom. The molecule has 0 aliphatic rings. The van der Waals surface area contributed by atoms with E-state index in [0.29, 0.717) is 13.2 Å². The molecule has 0 unspecified atom stereocenters. The summed E-state index contributed by atoms with van der Waals surface area (Å²) >= 11 is 0. The van der Waals surface area contributed by atoms with Crippen molar-refractivity contribution in [3.05, 3.63) is 0 Å². The Morgan fingerprint density at radius 3 is 1.55 bits per heavy atom. The van der Waals surface area contributed by atoms with Crippen molar-refractivity contribution in [1.29, 1.82) is 0 Å². The first-order chi connectivity index (χ1) is 8.73. The summed E-state index contributed by atoms with van der Waals surface area (Å²) in [5, 5.41) is 0. The zero-order chi connectivity index (χ0) is 16.2. The molecule has 0 heterocycles. The van der Waals surface area contributed by atoms with Crippen molar-refractivity contribution < 1.29 is 19.1 Å². The number of rotatable bonds is 5. The third-order valence-electron chi connectivity index (χ3n) is 2.44. The van der Waals surface area contributed by atoms with E-state index in [1.54, 1.807) is 13.8 Å². The Labute approximate surface area is 123 Å². The van der Waals surface area contributed by atoms with Crippen LogP contribution in [0.5, 0.6) is 0 Å². The molecular weight excluding hydrogens is 256 g/mol. The molecule has 0 aromatic heterocycles. The van der Waals surface area contributed by atoms with E-state index in [-0.39, 0.29) is 29.2 Å². The maximum Gasteiger partial charge on any atom is 0.312 e. The molecule has 0 saturated carbocycles. The van der Waals surface area contributed by atoms with Crippen LogP contribution in [0.25, 0.3) is 0 Å². The second-order valence-corrected chi connectivity index (χ2v) is 8.42. The van der Waals surface area contributed by atoms with Gasteiger partial charge in [0.25, 0.3) is 0 Å². The summed E-state index contributed by atoms with van der Waals surface area (Å²) in [6.45, 7) is 16.0. The van der Waals surface area contributed by atoms with Crippen LogP contribution in [-0.2, 0) is 19.1 Å². The summed E-state index contributed by atoms with van der Waals surface area (Å²) in [5.74, 6) is -0.724. The maximum absolute atomic E-state index is 12.0. The van der Waals surface area contributed by atoms with E-state index in [1.807, 2.05) is 41.5 Å². The third-order valence-corrected chi connectivity index (χ3v) is 2.44. The minimum absolute atomic E-state index is 0.0338. The summed E-state index contributed by atoms with van der Waals surface area (Å²) in [6, 6.07) is 0. The van der Waals surface area contributed by atoms with Crippen LogP contribution in [0.3, 0.4) is 0 Å². The minimum atomic E-state index is -0.861. The number of hydrogen-bond acceptors (Lipinski definition) is 4. The number of carbonyl (C=O) groups excluding carboxylic acids is 2. The van der Waals surface area contributed by atoms with Gasteiger partial charge >= 0.3 is 11.9 Å². The third kappa shape index (κ3) is 8.94. The molecule has 0 atom stereocenters. The Balaban J connectivity index is 4.36. The SMILES string of the molecule is CC(C)(C)COC(=O)CC(C)(C)C(=O)OCC(C)(C)C. The molecule has 4 nitrogen and oxygen atoms in total. The highest BCUT2D eigenvalue weighted by Crippen LogP contribution is 2.25. The molecule has 118 valence electrons. The highest BCUT2D eigenvalue weighted by molar-refractivity contribution is 5.82. The zero-order valence-electron chi connectivity index (χ0n) is 14.3. The Bertz CT molecular complexity index is 342. The van der Waals surface area contributed by atoms with Crippen LogP contribution < -0.4 is 0 Å². The van der Waals surface area contributed by atoms with E-state index < -0.39 is 5.41 Å². The van der Waals surface area contributed by atoms with E-state index in [0.717, 1.165) is 0 Å². The lowest BCUT2D eigenvalue weighted by Crippen LogP contribution is -2.33. The van der Waals surface area contributed by atoms with Gasteiger partial charge in [-0.1, -0.05) is 41.5 Å². The molecule has 0 amide bonds. The Morgan fingerprint density at radius 2 is 1.15 bits per heavy atom. The van der Waals surface area contributed by atoms with Crippen molar-refractivity contribution >= 4 is 11.9 Å². The quantitative estimate of drug-likeness (QED) is 0.725. The van der Waals surface area contributed by atoms with Crippen molar-refractivity contribution in [2.24, 2.45) is 16.2 Å². The summed E-state index contributed by atoms with van der Waals surface area (Å²) < 4.78 is 10.5. The lowest BCUT2D eigenvalue weighted by Gasteiger charge is -2.25. The van der Waals surface area contributed by atoms with Crippen LogP contribution in [0.1, 0.15) is 61.8 Å². The van der Waals surface area contributed by atoms with Gasteiger partial charge in [-0.2, -0.15) is 0 Å². The standard InChI is InChI=1S/C16H30O4/c1-14(2,3)10-19-12(17)9-16(7,8)13(18)20-11-15(4,5)6/h9-11H2,1-8H3. The molecule has 0 radical (unpaired) electrons. The molecule has 0 fully saturated rings. The van der Waals surface area contributed by atoms with Crippen LogP contribution >= 0.6 is 0 Å². The zero-order valence-corrected chi connectivity index (χ0v) is 14.3. The van der Waals surface area contributed by atoms with Crippen LogP contribution in [0, 0.1) is 16.2 Å². The average Bonchev–Trinajstić information content (AvgIpc) is 2.20. The lowest BCUT2D eigenvalue weighted by molar-refractivity contribution is -0.163. The van der Waals surface area contributed by atoms with Gasteiger partial charge in [-0.25, -0.2) is 0 Å². The highest BCUT2D eigenvalue weighted by atomic mass is 16.5. The predicted octanol–water partition coefficient (Wildman–Crippen LogP) is 3.58. The first-order valence-corrected chi connectivity index (χ1v) is 7.06. The van der Waals surface area contributed by atoms with Gasteiger partial charge in [-0.15, -0.1) is 0 Å². The van der Waals surface area contributed by atoms with Crippen molar-refractivity contribution in [3.63, 3.8) is 0 Å². The summed E-state index contributed by atoms with van der Waals surface area (Å²) in [5.41, 5.74) is -1.02. The van der Waals surface area contributed by atoms with Gasteiger partial charge in [-0.3, -0.25) is 9.59 Å². The Hall–Kier alpha value is -1.06. The van der Waals surface area contributed by atoms with Crippen LogP contribution in [-0.4, -0.2) is 25.2 Å². The van der Waals surface area contributed by atoms with E-state index in [9.17, 15) is 9.59 Å². The van der Waals surface area contributed by atoms with Crippen molar-refractivity contribution in [1.82, 2.24) is 0 Å². The molecule has 0 N–H and O–H groups in total. The number of ether oxygens (including phenoxy) is 2. The molecule has 0 spiro atoms. The van der Waals surface area contributed by atoms with Gasteiger partial charge in [0.15, 0.2) is 0 Å². The maximum atomic E-state index is 12.0. The normalized spacial score (nSPS) is 13.0. The molecule has 0 aliphatic heterocycles. The second kappa shape index (κ2) is 6.59. The van der Waals surface area contributed by atoms with Gasteiger partial charge in [-0.05, 0) is 24.7 Å². The van der Waals surface area contributed by atoms with Crippen LogP contribution in [0.2, 0.25) is 0 Å². The largest absolute Gasteiger partial charge is 0.465 e. The monoisotopic (exact) mass is 286 g/mol. The fourth-order valence-corrected chi connectivity index (χ4v) is 1.26. The van der Waals surface area contributed by atoms with Gasteiger partial charge < -0.3 is 9.47 Å². The molecular formula is C16H30O4. The molecule has 0 rings (SSSR count). The van der Waals surface area contributed by atoms with E-state index in [2.05, 4.69) is 0 Å². The minimum Gasteiger partial charge on any atom is -0.465 e. The fraction of sp³-hybridized carbons (Fsp3) is 0.875.